The molecule has 1 aliphatic rings. The molecule has 1 saturated carbocycles. The van der Waals surface area contributed by atoms with Crippen LogP contribution in [0.1, 0.15) is 30.1 Å². The van der Waals surface area contributed by atoms with Gasteiger partial charge in [0, 0.05) is 4.90 Å². The summed E-state index contributed by atoms with van der Waals surface area (Å²) in [6.07, 6.45) is 3.72. The SMILES string of the molecule is CSc1ccc(Cl)c(C(=O)OCC(=O)N[C@](C)(C#N)C2CC2)c1. The Morgan fingerprint density at radius 1 is 1.52 bits per heavy atom. The second-order valence-corrected chi connectivity index (χ2v) is 6.85. The van der Waals surface area contributed by atoms with Crippen molar-refractivity contribution in [1.29, 1.82) is 5.26 Å². The Hall–Kier alpha value is -1.71. The minimum atomic E-state index is -0.903. The third kappa shape index (κ3) is 4.40. The average Bonchev–Trinajstić information content (AvgIpc) is 3.38. The summed E-state index contributed by atoms with van der Waals surface area (Å²) in [4.78, 5) is 24.8. The number of amides is 1. The van der Waals surface area contributed by atoms with Crippen molar-refractivity contribution < 1.29 is 14.3 Å². The van der Waals surface area contributed by atoms with Gasteiger partial charge in [-0.15, -0.1) is 11.8 Å². The van der Waals surface area contributed by atoms with E-state index in [4.69, 9.17) is 16.3 Å². The fourth-order valence-corrected chi connectivity index (χ4v) is 2.84. The van der Waals surface area contributed by atoms with Crippen LogP contribution in [0, 0.1) is 17.2 Å². The Kier molecular flexibility index (Phi) is 5.55. The summed E-state index contributed by atoms with van der Waals surface area (Å²) in [6, 6.07) is 7.15. The van der Waals surface area contributed by atoms with Gasteiger partial charge in [0.1, 0.15) is 5.54 Å². The minimum Gasteiger partial charge on any atom is -0.452 e. The fourth-order valence-electron chi connectivity index (χ4n) is 2.20. The molecule has 2 rings (SSSR count). The number of thioether (sulfide) groups is 1. The standard InChI is InChI=1S/C16H17ClN2O3S/c1-16(9-18,10-3-4-10)19-14(20)8-22-15(21)12-7-11(23-2)5-6-13(12)17/h5-7,10H,3-4,8H2,1-2H3,(H,19,20)/t16-/m1/s1. The van der Waals surface area contributed by atoms with Crippen molar-refractivity contribution in [3.05, 3.63) is 28.8 Å². The molecular formula is C16H17ClN2O3S. The average molecular weight is 353 g/mol. The van der Waals surface area contributed by atoms with Crippen LogP contribution in [0.3, 0.4) is 0 Å². The minimum absolute atomic E-state index is 0.167. The highest BCUT2D eigenvalue weighted by Gasteiger charge is 2.43. The van der Waals surface area contributed by atoms with Gasteiger partial charge in [0.05, 0.1) is 16.7 Å². The number of rotatable bonds is 6. The molecule has 1 atom stereocenters. The maximum absolute atomic E-state index is 12.1. The van der Waals surface area contributed by atoms with Crippen molar-refractivity contribution in [2.45, 2.75) is 30.2 Å². The lowest BCUT2D eigenvalue weighted by Gasteiger charge is -2.22. The zero-order valence-electron chi connectivity index (χ0n) is 12.9. The second kappa shape index (κ2) is 7.24. The van der Waals surface area contributed by atoms with Gasteiger partial charge >= 0.3 is 5.97 Å². The molecule has 1 amide bonds. The summed E-state index contributed by atoms with van der Waals surface area (Å²) in [6.45, 7) is 1.24. The number of hydrogen-bond donors (Lipinski definition) is 1. The largest absolute Gasteiger partial charge is 0.452 e. The molecule has 0 aliphatic heterocycles. The number of hydrogen-bond acceptors (Lipinski definition) is 5. The Labute approximate surface area is 144 Å². The summed E-state index contributed by atoms with van der Waals surface area (Å²) in [5, 5.41) is 12.1. The molecule has 0 unspecified atom stereocenters. The molecule has 122 valence electrons. The number of carbonyl (C=O) groups is 2. The molecule has 0 bridgehead atoms. The first-order valence-corrected chi connectivity index (χ1v) is 8.73. The molecule has 5 nitrogen and oxygen atoms in total. The van der Waals surface area contributed by atoms with Crippen molar-refractivity contribution in [3.63, 3.8) is 0 Å². The highest BCUT2D eigenvalue weighted by Crippen LogP contribution is 2.39. The molecular weight excluding hydrogens is 336 g/mol. The third-order valence-corrected chi connectivity index (χ3v) is 4.81. The van der Waals surface area contributed by atoms with E-state index in [1.54, 1.807) is 25.1 Å². The van der Waals surface area contributed by atoms with Crippen LogP contribution >= 0.6 is 23.4 Å². The first-order chi connectivity index (χ1) is 10.9. The molecule has 7 heteroatoms. The van der Waals surface area contributed by atoms with Gasteiger partial charge in [-0.3, -0.25) is 4.79 Å². The van der Waals surface area contributed by atoms with Crippen LogP contribution in [-0.2, 0) is 9.53 Å². The number of halogens is 1. The topological polar surface area (TPSA) is 79.2 Å². The van der Waals surface area contributed by atoms with Crippen LogP contribution in [-0.4, -0.2) is 30.3 Å². The van der Waals surface area contributed by atoms with Gasteiger partial charge in [-0.1, -0.05) is 11.6 Å². The number of nitrogens with zero attached hydrogens (tertiary/aromatic N) is 1. The van der Waals surface area contributed by atoms with Crippen LogP contribution in [0.4, 0.5) is 0 Å². The first-order valence-electron chi connectivity index (χ1n) is 7.12. The predicted molar refractivity (Wildman–Crippen MR) is 88.4 cm³/mol. The molecule has 1 aromatic carbocycles. The molecule has 0 aromatic heterocycles. The van der Waals surface area contributed by atoms with Crippen molar-refractivity contribution in [2.75, 3.05) is 12.9 Å². The van der Waals surface area contributed by atoms with E-state index in [1.165, 1.54) is 11.8 Å². The summed E-state index contributed by atoms with van der Waals surface area (Å²) >= 11 is 7.46. The zero-order chi connectivity index (χ0) is 17.0. The number of nitrogens with one attached hydrogen (secondary N) is 1. The van der Waals surface area contributed by atoms with Gasteiger partial charge in [0.15, 0.2) is 6.61 Å². The van der Waals surface area contributed by atoms with E-state index < -0.39 is 24.0 Å². The van der Waals surface area contributed by atoms with Gasteiger partial charge in [0.25, 0.3) is 5.91 Å². The highest BCUT2D eigenvalue weighted by atomic mass is 35.5. The Morgan fingerprint density at radius 3 is 2.78 bits per heavy atom. The summed E-state index contributed by atoms with van der Waals surface area (Å²) < 4.78 is 5.01. The van der Waals surface area contributed by atoms with Crippen LogP contribution in [0.5, 0.6) is 0 Å². The molecule has 0 radical (unpaired) electrons. The smallest absolute Gasteiger partial charge is 0.340 e. The van der Waals surface area contributed by atoms with Crippen molar-refractivity contribution in [2.24, 2.45) is 5.92 Å². The normalized spacial score (nSPS) is 16.1. The van der Waals surface area contributed by atoms with E-state index in [-0.39, 0.29) is 16.5 Å². The summed E-state index contributed by atoms with van der Waals surface area (Å²) in [7, 11) is 0. The lowest BCUT2D eigenvalue weighted by Crippen LogP contribution is -2.48. The molecule has 0 spiro atoms. The quantitative estimate of drug-likeness (QED) is 0.628. The lowest BCUT2D eigenvalue weighted by atomic mass is 9.98. The molecule has 1 N–H and O–H groups in total. The molecule has 1 aromatic rings. The summed E-state index contributed by atoms with van der Waals surface area (Å²) in [5.41, 5.74) is -0.684. The molecule has 0 heterocycles. The Morgan fingerprint density at radius 2 is 2.22 bits per heavy atom. The maximum Gasteiger partial charge on any atom is 0.340 e. The van der Waals surface area contributed by atoms with E-state index in [2.05, 4.69) is 11.4 Å². The molecule has 1 aliphatic carbocycles. The predicted octanol–water partition coefficient (Wildman–Crippen LogP) is 3.03. The van der Waals surface area contributed by atoms with Gasteiger partial charge < -0.3 is 10.1 Å². The molecule has 0 saturated heterocycles. The number of nitriles is 1. The highest BCUT2D eigenvalue weighted by molar-refractivity contribution is 7.98. The maximum atomic E-state index is 12.1. The van der Waals surface area contributed by atoms with E-state index in [1.807, 2.05) is 6.26 Å². The number of ether oxygens (including phenoxy) is 1. The van der Waals surface area contributed by atoms with E-state index in [9.17, 15) is 14.9 Å². The Bertz CT molecular complexity index is 670. The molecule has 23 heavy (non-hydrogen) atoms. The van der Waals surface area contributed by atoms with E-state index >= 15 is 0 Å². The van der Waals surface area contributed by atoms with Crippen molar-refractivity contribution in [3.8, 4) is 6.07 Å². The number of esters is 1. The Balaban J connectivity index is 1.94. The van der Waals surface area contributed by atoms with Gasteiger partial charge in [0.2, 0.25) is 0 Å². The number of benzene rings is 1. The second-order valence-electron chi connectivity index (χ2n) is 5.56. The van der Waals surface area contributed by atoms with Gasteiger partial charge in [-0.05, 0) is 50.1 Å². The molecule has 1 fully saturated rings. The summed E-state index contributed by atoms with van der Waals surface area (Å²) in [5.74, 6) is -0.988. The zero-order valence-corrected chi connectivity index (χ0v) is 14.5. The monoisotopic (exact) mass is 352 g/mol. The lowest BCUT2D eigenvalue weighted by molar-refractivity contribution is -0.125. The van der Waals surface area contributed by atoms with Crippen LogP contribution in [0.25, 0.3) is 0 Å². The van der Waals surface area contributed by atoms with Gasteiger partial charge in [-0.25, -0.2) is 4.79 Å². The van der Waals surface area contributed by atoms with Crippen molar-refractivity contribution >= 4 is 35.2 Å². The van der Waals surface area contributed by atoms with E-state index in [0.717, 1.165) is 17.7 Å². The van der Waals surface area contributed by atoms with Crippen LogP contribution in [0.15, 0.2) is 23.1 Å². The van der Waals surface area contributed by atoms with Crippen LogP contribution < -0.4 is 5.32 Å². The fraction of sp³-hybridized carbons (Fsp3) is 0.438. The number of carbonyl (C=O) groups excluding carboxylic acids is 2. The van der Waals surface area contributed by atoms with Gasteiger partial charge in [-0.2, -0.15) is 5.26 Å². The first kappa shape index (κ1) is 17.6. The van der Waals surface area contributed by atoms with Crippen molar-refractivity contribution in [1.82, 2.24) is 5.32 Å². The van der Waals surface area contributed by atoms with E-state index in [0.29, 0.717) is 0 Å². The van der Waals surface area contributed by atoms with Crippen LogP contribution in [0.2, 0.25) is 5.02 Å². The third-order valence-electron chi connectivity index (χ3n) is 3.75.